The molecule has 0 unspecified atom stereocenters. The van der Waals surface area contributed by atoms with Gasteiger partial charge in [-0.3, -0.25) is 4.57 Å². The Morgan fingerprint density at radius 2 is 1.60 bits per heavy atom. The van der Waals surface area contributed by atoms with Gasteiger partial charge < -0.3 is 0 Å². The van der Waals surface area contributed by atoms with Crippen molar-refractivity contribution in [2.75, 3.05) is 0 Å². The highest BCUT2D eigenvalue weighted by molar-refractivity contribution is 9.70. The summed E-state index contributed by atoms with van der Waals surface area (Å²) < 4.78 is 20.5. The molecule has 32 valence electrons. The van der Waals surface area contributed by atoms with Crippen molar-refractivity contribution in [3.05, 3.63) is 0 Å². The molecule has 0 aromatic carbocycles. The van der Waals surface area contributed by atoms with E-state index >= 15 is 0 Å². The molecule has 0 amide bonds. The Morgan fingerprint density at radius 3 is 1.60 bits per heavy atom. The van der Waals surface area contributed by atoms with Gasteiger partial charge in [-0.05, 0) is 0 Å². The van der Waals surface area contributed by atoms with Crippen molar-refractivity contribution in [3.63, 3.8) is 0 Å². The van der Waals surface area contributed by atoms with E-state index < -0.39 is 4.86 Å². The van der Waals surface area contributed by atoms with Crippen LogP contribution < -0.4 is 0 Å². The van der Waals surface area contributed by atoms with Gasteiger partial charge >= 0.3 is 4.86 Å². The second kappa shape index (κ2) is 1.71. The zero-order valence-electron chi connectivity index (χ0n) is 1.99. The van der Waals surface area contributed by atoms with Crippen molar-refractivity contribution < 1.29 is 8.76 Å². The third kappa shape index (κ3) is 39.7. The Kier molecular flexibility index (Phi) is 2.10. The summed E-state index contributed by atoms with van der Waals surface area (Å²) >= 11 is 4.36. The molecule has 0 aliphatic heterocycles. The zero-order valence-corrected chi connectivity index (χ0v) is 6.06. The van der Waals surface area contributed by atoms with Crippen LogP contribution in [0.2, 0.25) is 0 Å². The molecule has 0 spiro atoms. The smallest absolute Gasteiger partial charge is 0.263 e. The number of rotatable bonds is 0. The van der Waals surface area contributed by atoms with Crippen LogP contribution in [0.3, 0.4) is 0 Å². The summed E-state index contributed by atoms with van der Waals surface area (Å²) in [4.78, 5) is -3.51. The van der Waals surface area contributed by atoms with E-state index in [0.29, 0.717) is 0 Å². The molecule has 0 N–H and O–H groups in total. The molecule has 0 saturated heterocycles. The van der Waals surface area contributed by atoms with Crippen molar-refractivity contribution in [3.8, 4) is 0 Å². The molecule has 1 nitrogen and oxygen atoms in total. The summed E-state index contributed by atoms with van der Waals surface area (Å²) in [7, 11) is 0. The van der Waals surface area contributed by atoms with Gasteiger partial charge in [0.2, 0.25) is 0 Å². The van der Waals surface area contributed by atoms with Crippen LogP contribution in [-0.4, -0.2) is 0 Å². The minimum Gasteiger partial charge on any atom is -0.263 e. The molecule has 0 bridgehead atoms. The number of halogens is 3. The van der Waals surface area contributed by atoms with Crippen molar-refractivity contribution >= 4 is 35.8 Å². The van der Waals surface area contributed by atoms with Crippen molar-refractivity contribution in [1.82, 2.24) is 0 Å². The van der Waals surface area contributed by atoms with Gasteiger partial charge in [0, 0.05) is 31.0 Å². The van der Waals surface area contributed by atoms with E-state index in [4.69, 9.17) is 0 Å². The van der Waals surface area contributed by atoms with Crippen molar-refractivity contribution in [1.29, 1.82) is 0 Å². The first-order chi connectivity index (χ1) is 2.00. The standard InChI is InChI=1S/Br2FOP/c1-5(2,3)4. The Labute approximate surface area is 44.9 Å². The first-order valence-corrected chi connectivity index (χ1v) is 6.32. The lowest BCUT2D eigenvalue weighted by molar-refractivity contribution is 0.570. The van der Waals surface area contributed by atoms with Gasteiger partial charge in [0.15, 0.2) is 0 Å². The highest BCUT2D eigenvalue weighted by Crippen LogP contribution is 2.62. The fourth-order valence-electron chi connectivity index (χ4n) is 0. The third-order valence-electron chi connectivity index (χ3n) is 0. The van der Waals surface area contributed by atoms with Crippen molar-refractivity contribution in [2.45, 2.75) is 0 Å². The van der Waals surface area contributed by atoms with Gasteiger partial charge in [0.1, 0.15) is 0 Å². The molecule has 0 aliphatic rings. The summed E-state index contributed by atoms with van der Waals surface area (Å²) in [5.74, 6) is 0. The van der Waals surface area contributed by atoms with E-state index in [2.05, 4.69) is 31.0 Å². The Balaban J connectivity index is 3.47. The molecule has 0 radical (unpaired) electrons. The molecule has 0 fully saturated rings. The predicted molar refractivity (Wildman–Crippen MR) is 26.6 cm³/mol. The molecular weight excluding hydrogens is 226 g/mol. The topological polar surface area (TPSA) is 17.1 Å². The van der Waals surface area contributed by atoms with Gasteiger partial charge in [-0.1, -0.05) is 0 Å². The molecule has 0 rings (SSSR count). The first-order valence-electron chi connectivity index (χ1n) is 0.690. The second-order valence-corrected chi connectivity index (χ2v) is 9.53. The largest absolute Gasteiger partial charge is 0.364 e. The van der Waals surface area contributed by atoms with Crippen LogP contribution in [0.15, 0.2) is 0 Å². The fourth-order valence-corrected chi connectivity index (χ4v) is 0. The molecule has 0 aromatic rings. The lowest BCUT2D eigenvalue weighted by Gasteiger charge is -1.74. The van der Waals surface area contributed by atoms with Gasteiger partial charge in [0.05, 0.1) is 0 Å². The normalized spacial score (nSPS) is 11.8. The number of hydrogen-bond donors (Lipinski definition) is 0. The van der Waals surface area contributed by atoms with Crippen LogP contribution in [0.5, 0.6) is 0 Å². The molecule has 0 atom stereocenters. The van der Waals surface area contributed by atoms with Crippen LogP contribution in [0.25, 0.3) is 0 Å². The van der Waals surface area contributed by atoms with E-state index in [1.54, 1.807) is 0 Å². The lowest BCUT2D eigenvalue weighted by atomic mass is 16.0. The lowest BCUT2D eigenvalue weighted by Crippen LogP contribution is -1.20. The van der Waals surface area contributed by atoms with Crippen LogP contribution >= 0.6 is 35.8 Å². The number of hydrogen-bond acceptors (Lipinski definition) is 1. The van der Waals surface area contributed by atoms with Gasteiger partial charge in [0.25, 0.3) is 0 Å². The van der Waals surface area contributed by atoms with Crippen LogP contribution in [0, 0.1) is 0 Å². The summed E-state index contributed by atoms with van der Waals surface area (Å²) in [6.07, 6.45) is 0. The quantitative estimate of drug-likeness (QED) is 0.580. The monoisotopic (exact) mass is 224 g/mol. The minimum atomic E-state index is -3.51. The maximum atomic E-state index is 11.1. The summed E-state index contributed by atoms with van der Waals surface area (Å²) in [5.41, 5.74) is 0. The molecule has 0 aromatic heterocycles. The zero-order chi connectivity index (χ0) is 4.50. The van der Waals surface area contributed by atoms with E-state index in [-0.39, 0.29) is 0 Å². The van der Waals surface area contributed by atoms with E-state index in [9.17, 15) is 8.76 Å². The predicted octanol–water partition coefficient (Wildman–Crippen LogP) is 2.85. The van der Waals surface area contributed by atoms with Crippen LogP contribution in [-0.2, 0) is 4.57 Å². The average Bonchev–Trinajstić information content (AvgIpc) is 0.722. The maximum absolute atomic E-state index is 11.1. The molecular formula is Br2FOP. The SMILES string of the molecule is O=P(F)(Br)Br. The molecule has 5 heavy (non-hydrogen) atoms. The molecule has 0 saturated carbocycles. The Hall–Kier alpha value is 1.12. The molecule has 0 heterocycles. The fraction of sp³-hybridized carbons (Fsp3) is 0. The van der Waals surface area contributed by atoms with Gasteiger partial charge in [-0.2, -0.15) is 4.20 Å². The van der Waals surface area contributed by atoms with E-state index in [1.165, 1.54) is 0 Å². The van der Waals surface area contributed by atoms with Gasteiger partial charge in [-0.15, -0.1) is 0 Å². The summed E-state index contributed by atoms with van der Waals surface area (Å²) in [6, 6.07) is 0. The maximum Gasteiger partial charge on any atom is 0.364 e. The average molecular weight is 226 g/mol. The third-order valence-corrected chi connectivity index (χ3v) is 0. The highest BCUT2D eigenvalue weighted by atomic mass is 79.9. The molecule has 0 aliphatic carbocycles. The van der Waals surface area contributed by atoms with E-state index in [1.807, 2.05) is 0 Å². The molecule has 5 heteroatoms. The van der Waals surface area contributed by atoms with E-state index in [0.717, 1.165) is 0 Å². The second-order valence-electron chi connectivity index (χ2n) is 0.399. The van der Waals surface area contributed by atoms with Crippen molar-refractivity contribution in [2.24, 2.45) is 0 Å². The van der Waals surface area contributed by atoms with Crippen LogP contribution in [0.4, 0.5) is 4.20 Å². The Morgan fingerprint density at radius 1 is 1.60 bits per heavy atom. The van der Waals surface area contributed by atoms with Crippen LogP contribution in [0.1, 0.15) is 0 Å². The summed E-state index contributed by atoms with van der Waals surface area (Å²) in [5, 5.41) is 0. The first kappa shape index (κ1) is 6.12. The van der Waals surface area contributed by atoms with Gasteiger partial charge in [-0.25, -0.2) is 0 Å². The Bertz CT molecular complexity index is 55.8. The minimum absolute atomic E-state index is 2.18. The highest BCUT2D eigenvalue weighted by Gasteiger charge is 2.04. The summed E-state index contributed by atoms with van der Waals surface area (Å²) in [6.45, 7) is 0.